The molecule has 0 bridgehead atoms. The van der Waals surface area contributed by atoms with E-state index in [-0.39, 0.29) is 5.57 Å². The fraction of sp³-hybridized carbons (Fsp3) is 0.647. The van der Waals surface area contributed by atoms with Crippen LogP contribution in [0.1, 0.15) is 33.6 Å². The van der Waals surface area contributed by atoms with Crippen molar-refractivity contribution in [3.63, 3.8) is 0 Å². The molecule has 126 valence electrons. The van der Waals surface area contributed by atoms with E-state index in [9.17, 15) is 19.8 Å². The van der Waals surface area contributed by atoms with E-state index in [1.54, 1.807) is 6.92 Å². The molecular formula is C17H22O6. The first kappa shape index (κ1) is 16.2. The highest BCUT2D eigenvalue weighted by Gasteiger charge is 2.60. The Balaban J connectivity index is 2.10. The van der Waals surface area contributed by atoms with Crippen molar-refractivity contribution in [2.45, 2.75) is 57.5 Å². The number of aliphatic hydroxyl groups excluding tert-OH is 1. The van der Waals surface area contributed by atoms with Crippen molar-refractivity contribution in [2.24, 2.45) is 11.8 Å². The SMILES string of the molecule is C=C1C(=O)OC2C1C(OC(C)=O)CC(C)=C1CC(O)C(C)(O)C12. The Morgan fingerprint density at radius 1 is 1.43 bits per heavy atom. The van der Waals surface area contributed by atoms with E-state index in [1.165, 1.54) is 6.92 Å². The van der Waals surface area contributed by atoms with Crippen molar-refractivity contribution in [3.05, 3.63) is 23.3 Å². The Hall–Kier alpha value is -1.66. The van der Waals surface area contributed by atoms with Crippen LogP contribution in [0.4, 0.5) is 0 Å². The van der Waals surface area contributed by atoms with Gasteiger partial charge in [-0.15, -0.1) is 0 Å². The minimum Gasteiger partial charge on any atom is -0.461 e. The summed E-state index contributed by atoms with van der Waals surface area (Å²) < 4.78 is 10.9. The number of fused-ring (bicyclic) bond motifs is 3. The van der Waals surface area contributed by atoms with E-state index in [2.05, 4.69) is 6.58 Å². The molecular weight excluding hydrogens is 300 g/mol. The molecule has 2 fully saturated rings. The summed E-state index contributed by atoms with van der Waals surface area (Å²) in [6.07, 6.45) is -1.40. The number of hydrogen-bond acceptors (Lipinski definition) is 6. The lowest BCUT2D eigenvalue weighted by molar-refractivity contribution is -0.154. The molecule has 3 rings (SSSR count). The van der Waals surface area contributed by atoms with Crippen molar-refractivity contribution in [3.8, 4) is 0 Å². The number of carbonyl (C=O) groups excluding carboxylic acids is 2. The van der Waals surface area contributed by atoms with Gasteiger partial charge in [0, 0.05) is 24.8 Å². The summed E-state index contributed by atoms with van der Waals surface area (Å²) in [7, 11) is 0. The average Bonchev–Trinajstić information content (AvgIpc) is 2.79. The van der Waals surface area contributed by atoms with Crippen LogP contribution in [0.3, 0.4) is 0 Å². The van der Waals surface area contributed by atoms with Gasteiger partial charge in [-0.1, -0.05) is 17.7 Å². The molecule has 0 radical (unpaired) electrons. The molecule has 2 N–H and O–H groups in total. The normalized spacial score (nSPS) is 42.9. The molecule has 0 spiro atoms. The Kier molecular flexibility index (Phi) is 3.65. The minimum absolute atomic E-state index is 0.257. The largest absolute Gasteiger partial charge is 0.461 e. The lowest BCUT2D eigenvalue weighted by atomic mass is 9.78. The summed E-state index contributed by atoms with van der Waals surface area (Å²) in [5.41, 5.74) is 0.689. The van der Waals surface area contributed by atoms with Crippen molar-refractivity contribution < 1.29 is 29.3 Å². The topological polar surface area (TPSA) is 93.1 Å². The predicted molar refractivity (Wildman–Crippen MR) is 80.1 cm³/mol. The molecule has 0 aromatic carbocycles. The first-order valence-corrected chi connectivity index (χ1v) is 7.80. The van der Waals surface area contributed by atoms with Gasteiger partial charge in [0.15, 0.2) is 0 Å². The van der Waals surface area contributed by atoms with Gasteiger partial charge in [0.1, 0.15) is 12.2 Å². The van der Waals surface area contributed by atoms with E-state index in [0.29, 0.717) is 12.8 Å². The van der Waals surface area contributed by atoms with Crippen LogP contribution in [0.2, 0.25) is 0 Å². The summed E-state index contributed by atoms with van der Waals surface area (Å²) in [5.74, 6) is -2.00. The number of hydrogen-bond donors (Lipinski definition) is 2. The summed E-state index contributed by atoms with van der Waals surface area (Å²) in [6, 6.07) is 0. The smallest absolute Gasteiger partial charge is 0.334 e. The quantitative estimate of drug-likeness (QED) is 0.423. The maximum atomic E-state index is 12.0. The standard InChI is InChI=1S/C17H22O6/c1-7-5-11(22-9(3)18)13-8(2)16(20)23-15(13)14-10(7)6-12(19)17(14,4)21/h11-15,19,21H,2,5-6H2,1,3-4H3. The van der Waals surface area contributed by atoms with Crippen molar-refractivity contribution in [1.82, 2.24) is 0 Å². The zero-order chi connectivity index (χ0) is 17.1. The number of aliphatic hydroxyl groups is 2. The van der Waals surface area contributed by atoms with Crippen LogP contribution in [0.25, 0.3) is 0 Å². The van der Waals surface area contributed by atoms with Gasteiger partial charge < -0.3 is 19.7 Å². The second-order valence-corrected chi connectivity index (χ2v) is 7.00. The predicted octanol–water partition coefficient (Wildman–Crippen LogP) is 0.868. The first-order chi connectivity index (χ1) is 10.6. The highest BCUT2D eigenvalue weighted by atomic mass is 16.6. The Labute approximate surface area is 134 Å². The summed E-state index contributed by atoms with van der Waals surface area (Å²) >= 11 is 0. The Bertz CT molecular complexity index is 617. The van der Waals surface area contributed by atoms with Crippen molar-refractivity contribution in [2.75, 3.05) is 0 Å². The molecule has 1 saturated heterocycles. The fourth-order valence-corrected chi connectivity index (χ4v) is 4.28. The van der Waals surface area contributed by atoms with Crippen LogP contribution < -0.4 is 0 Å². The van der Waals surface area contributed by atoms with Crippen LogP contribution in [0.5, 0.6) is 0 Å². The Morgan fingerprint density at radius 3 is 2.70 bits per heavy atom. The third-order valence-corrected chi connectivity index (χ3v) is 5.46. The summed E-state index contributed by atoms with van der Waals surface area (Å²) in [4.78, 5) is 23.5. The molecule has 6 heteroatoms. The molecule has 1 heterocycles. The first-order valence-electron chi connectivity index (χ1n) is 7.80. The average molecular weight is 322 g/mol. The highest BCUT2D eigenvalue weighted by molar-refractivity contribution is 5.91. The molecule has 1 saturated carbocycles. The second-order valence-electron chi connectivity index (χ2n) is 7.00. The van der Waals surface area contributed by atoms with Gasteiger partial charge >= 0.3 is 11.9 Å². The van der Waals surface area contributed by atoms with Crippen LogP contribution in [-0.2, 0) is 19.1 Å². The van der Waals surface area contributed by atoms with Crippen molar-refractivity contribution in [1.29, 1.82) is 0 Å². The zero-order valence-electron chi connectivity index (χ0n) is 13.5. The molecule has 0 aromatic heterocycles. The van der Waals surface area contributed by atoms with Crippen LogP contribution in [-0.4, -0.2) is 46.1 Å². The number of ether oxygens (including phenoxy) is 2. The molecule has 0 amide bonds. The van der Waals surface area contributed by atoms with Gasteiger partial charge in [-0.05, 0) is 20.3 Å². The second kappa shape index (κ2) is 5.18. The van der Waals surface area contributed by atoms with Gasteiger partial charge in [0.05, 0.1) is 17.6 Å². The third-order valence-electron chi connectivity index (χ3n) is 5.46. The van der Waals surface area contributed by atoms with E-state index < -0.39 is 47.7 Å². The molecule has 6 atom stereocenters. The van der Waals surface area contributed by atoms with Gasteiger partial charge in [-0.25, -0.2) is 4.79 Å². The molecule has 3 aliphatic rings. The number of esters is 2. The highest BCUT2D eigenvalue weighted by Crippen LogP contribution is 2.52. The number of rotatable bonds is 1. The monoisotopic (exact) mass is 322 g/mol. The van der Waals surface area contributed by atoms with E-state index in [1.807, 2.05) is 6.92 Å². The molecule has 6 unspecified atom stereocenters. The van der Waals surface area contributed by atoms with E-state index >= 15 is 0 Å². The van der Waals surface area contributed by atoms with Gasteiger partial charge in [-0.2, -0.15) is 0 Å². The summed E-state index contributed by atoms with van der Waals surface area (Å²) in [6.45, 7) is 8.58. The minimum atomic E-state index is -1.41. The van der Waals surface area contributed by atoms with Crippen molar-refractivity contribution >= 4 is 11.9 Å². The van der Waals surface area contributed by atoms with Gasteiger partial charge in [0.25, 0.3) is 0 Å². The van der Waals surface area contributed by atoms with E-state index in [0.717, 1.165) is 11.1 Å². The molecule has 1 aliphatic heterocycles. The van der Waals surface area contributed by atoms with Crippen LogP contribution >= 0.6 is 0 Å². The molecule has 0 aromatic rings. The lowest BCUT2D eigenvalue weighted by Crippen LogP contribution is -2.48. The van der Waals surface area contributed by atoms with Crippen LogP contribution in [0, 0.1) is 11.8 Å². The van der Waals surface area contributed by atoms with Crippen LogP contribution in [0.15, 0.2) is 23.3 Å². The maximum absolute atomic E-state index is 12.0. The zero-order valence-corrected chi connectivity index (χ0v) is 13.5. The molecule has 23 heavy (non-hydrogen) atoms. The third kappa shape index (κ3) is 2.32. The fourth-order valence-electron chi connectivity index (χ4n) is 4.28. The summed E-state index contributed by atoms with van der Waals surface area (Å²) in [5, 5.41) is 21.0. The molecule has 6 nitrogen and oxygen atoms in total. The molecule has 2 aliphatic carbocycles. The van der Waals surface area contributed by atoms with Gasteiger partial charge in [-0.3, -0.25) is 4.79 Å². The number of carbonyl (C=O) groups is 2. The Morgan fingerprint density at radius 2 is 2.09 bits per heavy atom. The lowest BCUT2D eigenvalue weighted by Gasteiger charge is -2.34. The van der Waals surface area contributed by atoms with Gasteiger partial charge in [0.2, 0.25) is 0 Å². The van der Waals surface area contributed by atoms with E-state index in [4.69, 9.17) is 9.47 Å². The maximum Gasteiger partial charge on any atom is 0.334 e.